The van der Waals surface area contributed by atoms with E-state index in [4.69, 9.17) is 5.10 Å². The third kappa shape index (κ3) is 4.32. The van der Waals surface area contributed by atoms with Gasteiger partial charge in [0.15, 0.2) is 4.34 Å². The van der Waals surface area contributed by atoms with Crippen molar-refractivity contribution in [1.29, 1.82) is 0 Å². The lowest BCUT2D eigenvalue weighted by molar-refractivity contribution is 0.884. The van der Waals surface area contributed by atoms with Crippen molar-refractivity contribution in [2.45, 2.75) is 10.1 Å². The number of hydrogen-bond donors (Lipinski definition) is 1. The van der Waals surface area contributed by atoms with E-state index in [0.717, 1.165) is 37.7 Å². The topological polar surface area (TPSA) is 55.6 Å². The zero-order valence-corrected chi connectivity index (χ0v) is 16.8. The van der Waals surface area contributed by atoms with Crippen molar-refractivity contribution in [3.63, 3.8) is 0 Å². The predicted octanol–water partition coefficient (Wildman–Crippen LogP) is 5.28. The molecule has 0 atom stereocenters. The summed E-state index contributed by atoms with van der Waals surface area (Å²) in [5.41, 5.74) is 4.31. The summed E-state index contributed by atoms with van der Waals surface area (Å²) in [6.07, 6.45) is 3.90. The monoisotopic (exact) mass is 405 g/mol. The molecule has 2 heterocycles. The van der Waals surface area contributed by atoms with Gasteiger partial charge in [-0.3, -0.25) is 0 Å². The molecule has 0 radical (unpaired) electrons. The van der Waals surface area contributed by atoms with Crippen molar-refractivity contribution in [2.24, 2.45) is 0 Å². The highest BCUT2D eigenvalue weighted by atomic mass is 32.2. The van der Waals surface area contributed by atoms with Crippen LogP contribution in [0.15, 0.2) is 83.9 Å². The SMILES string of the molecule is C=CCNc1nnc(SCc2cn(-c3ccccc3)nc2-c2ccccc2)s1. The summed E-state index contributed by atoms with van der Waals surface area (Å²) in [7, 11) is 0. The van der Waals surface area contributed by atoms with Crippen LogP contribution in [-0.4, -0.2) is 26.5 Å². The summed E-state index contributed by atoms with van der Waals surface area (Å²) < 4.78 is 2.87. The maximum atomic E-state index is 4.86. The van der Waals surface area contributed by atoms with E-state index in [0.29, 0.717) is 6.54 Å². The molecule has 0 saturated heterocycles. The van der Waals surface area contributed by atoms with Crippen molar-refractivity contribution in [3.05, 3.63) is 85.1 Å². The fourth-order valence-corrected chi connectivity index (χ4v) is 4.43. The summed E-state index contributed by atoms with van der Waals surface area (Å²) in [6.45, 7) is 4.39. The third-order valence-corrected chi connectivity index (χ3v) is 6.08. The molecule has 0 fully saturated rings. The molecule has 0 spiro atoms. The largest absolute Gasteiger partial charge is 0.357 e. The zero-order valence-electron chi connectivity index (χ0n) is 15.2. The number of benzene rings is 2. The van der Waals surface area contributed by atoms with E-state index in [2.05, 4.69) is 52.6 Å². The highest BCUT2D eigenvalue weighted by Gasteiger charge is 2.14. The number of anilines is 1. The van der Waals surface area contributed by atoms with E-state index in [1.54, 1.807) is 29.2 Å². The Morgan fingerprint density at radius 2 is 1.79 bits per heavy atom. The number of nitrogens with zero attached hydrogens (tertiary/aromatic N) is 4. The molecule has 0 unspecified atom stereocenters. The van der Waals surface area contributed by atoms with E-state index in [1.807, 2.05) is 41.1 Å². The molecule has 0 bridgehead atoms. The quantitative estimate of drug-likeness (QED) is 0.319. The van der Waals surface area contributed by atoms with Gasteiger partial charge in [0.05, 0.1) is 11.4 Å². The Morgan fingerprint density at radius 3 is 2.54 bits per heavy atom. The number of hydrogen-bond acceptors (Lipinski definition) is 6. The molecule has 2 aromatic carbocycles. The number of nitrogens with one attached hydrogen (secondary N) is 1. The Kier molecular flexibility index (Phi) is 5.84. The molecule has 4 rings (SSSR count). The van der Waals surface area contributed by atoms with Gasteiger partial charge in [-0.05, 0) is 12.1 Å². The molecular weight excluding hydrogens is 386 g/mol. The van der Waals surface area contributed by atoms with Crippen LogP contribution in [-0.2, 0) is 5.75 Å². The highest BCUT2D eigenvalue weighted by molar-refractivity contribution is 8.00. The second-order valence-corrected chi connectivity index (χ2v) is 8.18. The van der Waals surface area contributed by atoms with Crippen LogP contribution in [0.25, 0.3) is 16.9 Å². The van der Waals surface area contributed by atoms with Gasteiger partial charge in [-0.2, -0.15) is 5.10 Å². The van der Waals surface area contributed by atoms with Crippen LogP contribution in [0.2, 0.25) is 0 Å². The minimum absolute atomic E-state index is 0.682. The van der Waals surface area contributed by atoms with Crippen LogP contribution in [0.3, 0.4) is 0 Å². The van der Waals surface area contributed by atoms with Gasteiger partial charge in [-0.15, -0.1) is 16.8 Å². The maximum Gasteiger partial charge on any atom is 0.206 e. The third-order valence-electron chi connectivity index (χ3n) is 4.01. The van der Waals surface area contributed by atoms with E-state index in [1.165, 1.54) is 0 Å². The second kappa shape index (κ2) is 8.86. The maximum absolute atomic E-state index is 4.86. The summed E-state index contributed by atoms with van der Waals surface area (Å²) in [6, 6.07) is 20.4. The average molecular weight is 406 g/mol. The van der Waals surface area contributed by atoms with Gasteiger partial charge < -0.3 is 5.32 Å². The number of rotatable bonds is 8. The van der Waals surface area contributed by atoms with Gasteiger partial charge in [-0.1, -0.05) is 77.7 Å². The Bertz CT molecular complexity index is 1040. The average Bonchev–Trinajstić information content (AvgIpc) is 3.39. The minimum atomic E-state index is 0.682. The molecule has 0 aliphatic carbocycles. The van der Waals surface area contributed by atoms with Crippen LogP contribution in [0.4, 0.5) is 5.13 Å². The predicted molar refractivity (Wildman–Crippen MR) is 117 cm³/mol. The first kappa shape index (κ1) is 18.5. The van der Waals surface area contributed by atoms with Crippen molar-refractivity contribution < 1.29 is 0 Å². The smallest absolute Gasteiger partial charge is 0.206 e. The van der Waals surface area contributed by atoms with Crippen molar-refractivity contribution >= 4 is 28.2 Å². The Hall–Kier alpha value is -2.90. The summed E-state index contributed by atoms with van der Waals surface area (Å²) >= 11 is 3.22. The molecule has 1 N–H and O–H groups in total. The number of thioether (sulfide) groups is 1. The molecule has 0 aliphatic rings. The van der Waals surface area contributed by atoms with Gasteiger partial charge in [0.25, 0.3) is 0 Å². The van der Waals surface area contributed by atoms with E-state index in [9.17, 15) is 0 Å². The summed E-state index contributed by atoms with van der Waals surface area (Å²) in [4.78, 5) is 0. The molecular formula is C21H19N5S2. The molecule has 4 aromatic rings. The molecule has 140 valence electrons. The fourth-order valence-electron chi connectivity index (χ4n) is 2.71. The van der Waals surface area contributed by atoms with Gasteiger partial charge in [0.2, 0.25) is 5.13 Å². The van der Waals surface area contributed by atoms with Crippen LogP contribution >= 0.6 is 23.1 Å². The normalized spacial score (nSPS) is 10.7. The first-order chi connectivity index (χ1) is 13.8. The molecule has 0 saturated carbocycles. The van der Waals surface area contributed by atoms with E-state index < -0.39 is 0 Å². The molecule has 0 amide bonds. The highest BCUT2D eigenvalue weighted by Crippen LogP contribution is 2.32. The van der Waals surface area contributed by atoms with E-state index >= 15 is 0 Å². The Morgan fingerprint density at radius 1 is 1.04 bits per heavy atom. The molecule has 0 aliphatic heterocycles. The fraction of sp³-hybridized carbons (Fsp3) is 0.0952. The van der Waals surface area contributed by atoms with Crippen LogP contribution in [0, 0.1) is 0 Å². The summed E-state index contributed by atoms with van der Waals surface area (Å²) in [5, 5.41) is 17.3. The lowest BCUT2D eigenvalue weighted by Crippen LogP contribution is -1.96. The van der Waals surface area contributed by atoms with Crippen molar-refractivity contribution in [2.75, 3.05) is 11.9 Å². The lowest BCUT2D eigenvalue weighted by atomic mass is 10.1. The molecule has 5 nitrogen and oxygen atoms in total. The van der Waals surface area contributed by atoms with Gasteiger partial charge in [0, 0.05) is 29.6 Å². The van der Waals surface area contributed by atoms with Gasteiger partial charge in [0.1, 0.15) is 0 Å². The standard InChI is InChI=1S/C21H19N5S2/c1-2-13-22-20-23-24-21(28-20)27-15-17-14-26(18-11-7-4-8-12-18)25-19(17)16-9-5-3-6-10-16/h2-12,14H,1,13,15H2,(H,22,23). The van der Waals surface area contributed by atoms with Crippen LogP contribution in [0.5, 0.6) is 0 Å². The minimum Gasteiger partial charge on any atom is -0.357 e. The molecule has 2 aromatic heterocycles. The van der Waals surface area contributed by atoms with Crippen LogP contribution < -0.4 is 5.32 Å². The first-order valence-corrected chi connectivity index (χ1v) is 10.6. The van der Waals surface area contributed by atoms with E-state index in [-0.39, 0.29) is 0 Å². The van der Waals surface area contributed by atoms with Crippen molar-refractivity contribution in [3.8, 4) is 16.9 Å². The van der Waals surface area contributed by atoms with Gasteiger partial charge in [-0.25, -0.2) is 4.68 Å². The Labute approximate surface area is 172 Å². The molecule has 28 heavy (non-hydrogen) atoms. The molecule has 7 heteroatoms. The lowest BCUT2D eigenvalue weighted by Gasteiger charge is -2.01. The second-order valence-electron chi connectivity index (χ2n) is 5.98. The first-order valence-electron chi connectivity index (χ1n) is 8.84. The van der Waals surface area contributed by atoms with Crippen molar-refractivity contribution in [1.82, 2.24) is 20.0 Å². The number of para-hydroxylation sites is 1. The van der Waals surface area contributed by atoms with Crippen LogP contribution in [0.1, 0.15) is 5.56 Å². The number of aromatic nitrogens is 4. The zero-order chi connectivity index (χ0) is 19.2. The summed E-state index contributed by atoms with van der Waals surface area (Å²) in [5.74, 6) is 0.771. The van der Waals surface area contributed by atoms with Gasteiger partial charge >= 0.3 is 0 Å². The Balaban J connectivity index is 1.59.